The molecule has 0 aromatic heterocycles. The minimum atomic E-state index is 0.522. The first-order valence-electron chi connectivity index (χ1n) is 7.54. The van der Waals surface area contributed by atoms with Gasteiger partial charge in [0.15, 0.2) is 0 Å². The van der Waals surface area contributed by atoms with Crippen LogP contribution in [0.4, 0.5) is 0 Å². The molecule has 0 atom stereocenters. The topological polar surface area (TPSA) is 0 Å². The molecule has 0 unspecified atom stereocenters. The molecule has 0 bridgehead atoms. The van der Waals surface area contributed by atoms with Crippen LogP contribution in [0.25, 0.3) is 0 Å². The smallest absolute Gasteiger partial charge is 0.0325 e. The number of rotatable bonds is 4. The maximum absolute atomic E-state index is 2.41. The van der Waals surface area contributed by atoms with Crippen LogP contribution >= 0.6 is 0 Å². The van der Waals surface area contributed by atoms with E-state index < -0.39 is 0 Å². The molecule has 0 spiro atoms. The molecule has 0 aliphatic heterocycles. The minimum Gasteiger partial charge on any atom is -0.0628 e. The van der Waals surface area contributed by atoms with Gasteiger partial charge in [-0.1, -0.05) is 61.8 Å². The van der Waals surface area contributed by atoms with E-state index in [9.17, 15) is 0 Å². The van der Waals surface area contributed by atoms with Gasteiger partial charge < -0.3 is 0 Å². The van der Waals surface area contributed by atoms with Gasteiger partial charge in [-0.05, 0) is 48.3 Å². The second-order valence-corrected chi connectivity index (χ2v) is 8.40. The van der Waals surface area contributed by atoms with Crippen molar-refractivity contribution in [3.8, 4) is 0 Å². The van der Waals surface area contributed by atoms with E-state index in [1.807, 2.05) is 0 Å². The first-order valence-corrected chi connectivity index (χ1v) is 7.54. The summed E-state index contributed by atoms with van der Waals surface area (Å²) in [7, 11) is 0. The summed E-state index contributed by atoms with van der Waals surface area (Å²) in [5.74, 6) is 1.75. The van der Waals surface area contributed by atoms with Crippen LogP contribution in [-0.4, -0.2) is 0 Å². The van der Waals surface area contributed by atoms with Crippen molar-refractivity contribution in [1.82, 2.24) is 0 Å². The zero-order valence-corrected chi connectivity index (χ0v) is 13.7. The van der Waals surface area contributed by atoms with Gasteiger partial charge in [0.2, 0.25) is 0 Å². The van der Waals surface area contributed by atoms with Crippen molar-refractivity contribution < 1.29 is 0 Å². The highest BCUT2D eigenvalue weighted by Crippen LogP contribution is 2.49. The average Bonchev–Trinajstić information content (AvgIpc) is 2.78. The Morgan fingerprint density at radius 1 is 0.941 bits per heavy atom. The van der Waals surface area contributed by atoms with E-state index in [2.05, 4.69) is 55.4 Å². The molecule has 1 saturated carbocycles. The summed E-state index contributed by atoms with van der Waals surface area (Å²) in [6.07, 6.45) is 7.19. The van der Waals surface area contributed by atoms with Crippen molar-refractivity contribution in [2.75, 3.05) is 0 Å². The first kappa shape index (κ1) is 17.0. The van der Waals surface area contributed by atoms with Gasteiger partial charge >= 0.3 is 0 Å². The van der Waals surface area contributed by atoms with E-state index in [0.717, 1.165) is 17.3 Å². The van der Waals surface area contributed by atoms with Crippen molar-refractivity contribution in [3.05, 3.63) is 0 Å². The Kier molecular flexibility index (Phi) is 6.81. The third kappa shape index (κ3) is 12.2. The quantitative estimate of drug-likeness (QED) is 0.541. The molecule has 1 rings (SSSR count). The molecular weight excluding hydrogens is 204 g/mol. The van der Waals surface area contributed by atoms with E-state index in [1.165, 1.54) is 32.1 Å². The van der Waals surface area contributed by atoms with Gasteiger partial charge in [-0.15, -0.1) is 0 Å². The highest BCUT2D eigenvalue weighted by molar-refractivity contribution is 4.88. The Morgan fingerprint density at radius 3 is 1.59 bits per heavy atom. The average molecular weight is 240 g/mol. The molecule has 0 N–H and O–H groups in total. The van der Waals surface area contributed by atoms with Crippen LogP contribution in [0.2, 0.25) is 0 Å². The molecule has 0 aromatic rings. The van der Waals surface area contributed by atoms with Crippen LogP contribution < -0.4 is 0 Å². The molecule has 0 amide bonds. The lowest BCUT2D eigenvalue weighted by molar-refractivity contribution is 0.320. The fraction of sp³-hybridized carbons (Fsp3) is 1.00. The van der Waals surface area contributed by atoms with Gasteiger partial charge in [-0.25, -0.2) is 0 Å². The molecule has 1 aliphatic rings. The van der Waals surface area contributed by atoms with Crippen LogP contribution in [0.5, 0.6) is 0 Å². The molecule has 0 saturated heterocycles. The van der Waals surface area contributed by atoms with Crippen molar-refractivity contribution >= 4 is 0 Å². The summed E-state index contributed by atoms with van der Waals surface area (Å²) in [4.78, 5) is 0. The van der Waals surface area contributed by atoms with Gasteiger partial charge in [0.1, 0.15) is 0 Å². The van der Waals surface area contributed by atoms with Crippen LogP contribution in [0, 0.1) is 22.7 Å². The van der Waals surface area contributed by atoms with E-state index in [4.69, 9.17) is 0 Å². The van der Waals surface area contributed by atoms with Crippen LogP contribution in [0.3, 0.4) is 0 Å². The van der Waals surface area contributed by atoms with Crippen LogP contribution in [0.1, 0.15) is 87.5 Å². The molecular formula is C17H36. The van der Waals surface area contributed by atoms with E-state index in [1.54, 1.807) is 0 Å². The van der Waals surface area contributed by atoms with Crippen molar-refractivity contribution in [3.63, 3.8) is 0 Å². The largest absolute Gasteiger partial charge is 0.0628 e. The summed E-state index contributed by atoms with van der Waals surface area (Å²) in [6.45, 7) is 18.4. The summed E-state index contributed by atoms with van der Waals surface area (Å²) in [6, 6.07) is 0. The molecule has 1 fully saturated rings. The first-order chi connectivity index (χ1) is 7.54. The fourth-order valence-electron chi connectivity index (χ4n) is 2.33. The summed E-state index contributed by atoms with van der Waals surface area (Å²) in [5.41, 5.74) is 1.30. The lowest BCUT2D eigenvalue weighted by Gasteiger charge is -2.19. The zero-order valence-electron chi connectivity index (χ0n) is 13.7. The van der Waals surface area contributed by atoms with Gasteiger partial charge in [-0.3, -0.25) is 0 Å². The molecule has 0 heteroatoms. The third-order valence-electron chi connectivity index (χ3n) is 3.45. The van der Waals surface area contributed by atoms with Gasteiger partial charge in [0.05, 0.1) is 0 Å². The predicted molar refractivity (Wildman–Crippen MR) is 80.3 cm³/mol. The minimum absolute atomic E-state index is 0.522. The highest BCUT2D eigenvalue weighted by atomic mass is 14.4. The standard InChI is InChI=1S/C9H18.C8H18/c1-8(2)4-5-9(3)6-7-9;1-7(2)6-8(3,4)5/h8H,4-7H2,1-3H3;7H,6H2,1-5H3. The normalized spacial score (nSPS) is 18.0. The van der Waals surface area contributed by atoms with Gasteiger partial charge in [-0.2, -0.15) is 0 Å². The maximum atomic E-state index is 2.41. The second kappa shape index (κ2) is 6.81. The molecule has 0 aromatic carbocycles. The Bertz CT molecular complexity index is 189. The van der Waals surface area contributed by atoms with Crippen molar-refractivity contribution in [2.24, 2.45) is 22.7 Å². The van der Waals surface area contributed by atoms with Crippen molar-refractivity contribution in [1.29, 1.82) is 0 Å². The number of hydrogen-bond donors (Lipinski definition) is 0. The summed E-state index contributed by atoms with van der Waals surface area (Å²) >= 11 is 0. The molecule has 0 nitrogen and oxygen atoms in total. The van der Waals surface area contributed by atoms with Crippen LogP contribution in [0.15, 0.2) is 0 Å². The Labute approximate surface area is 111 Å². The maximum Gasteiger partial charge on any atom is -0.0325 e. The summed E-state index contributed by atoms with van der Waals surface area (Å²) < 4.78 is 0. The monoisotopic (exact) mass is 240 g/mol. The summed E-state index contributed by atoms with van der Waals surface area (Å²) in [5, 5.41) is 0. The molecule has 0 heterocycles. The van der Waals surface area contributed by atoms with E-state index >= 15 is 0 Å². The zero-order chi connectivity index (χ0) is 13.7. The Morgan fingerprint density at radius 2 is 1.41 bits per heavy atom. The van der Waals surface area contributed by atoms with E-state index in [-0.39, 0.29) is 0 Å². The molecule has 17 heavy (non-hydrogen) atoms. The van der Waals surface area contributed by atoms with Gasteiger partial charge in [0.25, 0.3) is 0 Å². The number of hydrogen-bond acceptors (Lipinski definition) is 0. The van der Waals surface area contributed by atoms with Crippen LogP contribution in [-0.2, 0) is 0 Å². The SMILES string of the molecule is CC(C)CC(C)(C)C.CC(C)CCC1(C)CC1. The lowest BCUT2D eigenvalue weighted by atomic mass is 9.86. The molecule has 104 valence electrons. The third-order valence-corrected chi connectivity index (χ3v) is 3.45. The van der Waals surface area contributed by atoms with Crippen molar-refractivity contribution in [2.45, 2.75) is 87.5 Å². The lowest BCUT2D eigenvalue weighted by Crippen LogP contribution is -2.08. The van der Waals surface area contributed by atoms with E-state index in [0.29, 0.717) is 5.41 Å². The predicted octanol–water partition coefficient (Wildman–Crippen LogP) is 6.30. The van der Waals surface area contributed by atoms with Gasteiger partial charge in [0, 0.05) is 0 Å². The second-order valence-electron chi connectivity index (χ2n) is 8.40. The Balaban J connectivity index is 0.000000304. The molecule has 1 aliphatic carbocycles. The highest BCUT2D eigenvalue weighted by Gasteiger charge is 2.36. The molecule has 0 radical (unpaired) electrons. The fourth-order valence-corrected chi connectivity index (χ4v) is 2.33. The Hall–Kier alpha value is 0.